The normalized spacial score (nSPS) is 25.3. The Kier molecular flexibility index (Phi) is 6.84. The number of hydrogen-bond acceptors (Lipinski definition) is 2. The first-order chi connectivity index (χ1) is 14.7. The molecule has 1 saturated carbocycles. The molecule has 0 radical (unpaired) electrons. The highest BCUT2D eigenvalue weighted by molar-refractivity contribution is 5.95. The minimum Gasteiger partial charge on any atom is -0.379 e. The maximum Gasteiger partial charge on any atom is 0.150 e. The van der Waals surface area contributed by atoms with E-state index >= 15 is 0 Å². The van der Waals surface area contributed by atoms with Crippen molar-refractivity contribution in [2.75, 3.05) is 13.2 Å². The van der Waals surface area contributed by atoms with Crippen LogP contribution in [0.25, 0.3) is 5.57 Å². The van der Waals surface area contributed by atoms with Crippen LogP contribution in [0, 0.1) is 17.3 Å². The highest BCUT2D eigenvalue weighted by Crippen LogP contribution is 2.51. The molecule has 2 aliphatic rings. The first-order valence-corrected chi connectivity index (χ1v) is 11.7. The third-order valence-electron chi connectivity index (χ3n) is 7.01. The minimum absolute atomic E-state index is 0.0726. The van der Waals surface area contributed by atoms with Crippen LogP contribution in [0.15, 0.2) is 66.7 Å². The lowest BCUT2D eigenvalue weighted by Crippen LogP contribution is -2.41. The van der Waals surface area contributed by atoms with Crippen molar-refractivity contribution in [3.8, 4) is 0 Å². The lowest BCUT2D eigenvalue weighted by Gasteiger charge is -2.34. The van der Waals surface area contributed by atoms with Crippen molar-refractivity contribution in [1.29, 1.82) is 0 Å². The van der Waals surface area contributed by atoms with E-state index in [0.29, 0.717) is 24.9 Å². The fourth-order valence-corrected chi connectivity index (χ4v) is 5.37. The number of fused-ring (bicyclic) bond motifs is 2. The van der Waals surface area contributed by atoms with Gasteiger partial charge in [0.1, 0.15) is 0 Å². The number of hydrogen-bond donors (Lipinski definition) is 0. The standard InChI is InChI=1S/C28H34O2/c1-2-3-4-5-12-17-25-18-24-20-30-21-28(25,27(24)29)19-26(22-13-8-6-9-14-22)23-15-10-7-11-16-23/h6-11,13-16,19,24-25H,2-5,12,17-18,20-21H2,1H3/t24-,25+,28+/m1/s1. The van der Waals surface area contributed by atoms with Gasteiger partial charge in [0.2, 0.25) is 0 Å². The zero-order chi connectivity index (χ0) is 20.8. The molecule has 158 valence electrons. The van der Waals surface area contributed by atoms with E-state index in [1.165, 1.54) is 43.2 Å². The van der Waals surface area contributed by atoms with Crippen molar-refractivity contribution in [2.24, 2.45) is 17.3 Å². The predicted octanol–water partition coefficient (Wildman–Crippen LogP) is 6.70. The van der Waals surface area contributed by atoms with Gasteiger partial charge in [0.25, 0.3) is 0 Å². The van der Waals surface area contributed by atoms with E-state index < -0.39 is 5.41 Å². The average molecular weight is 403 g/mol. The highest BCUT2D eigenvalue weighted by atomic mass is 16.5. The Balaban J connectivity index is 1.69. The van der Waals surface area contributed by atoms with Crippen LogP contribution in [-0.4, -0.2) is 19.0 Å². The number of carbonyl (C=O) groups excluding carboxylic acids is 1. The molecule has 3 atom stereocenters. The summed E-state index contributed by atoms with van der Waals surface area (Å²) in [5.41, 5.74) is 3.02. The van der Waals surface area contributed by atoms with Gasteiger partial charge in [-0.2, -0.15) is 0 Å². The zero-order valence-electron chi connectivity index (χ0n) is 18.2. The molecule has 2 bridgehead atoms. The Labute approximate surface area is 181 Å². The third kappa shape index (κ3) is 4.30. The Morgan fingerprint density at radius 2 is 1.60 bits per heavy atom. The van der Waals surface area contributed by atoms with Crippen molar-refractivity contribution in [1.82, 2.24) is 0 Å². The molecule has 2 nitrogen and oxygen atoms in total. The molecule has 0 amide bonds. The SMILES string of the molecule is CCCCCCC[C@H]1C[C@@H]2COC[C@]1(C=C(c1ccccc1)c1ccccc1)C2=O. The number of benzene rings is 2. The van der Waals surface area contributed by atoms with Crippen LogP contribution in [0.3, 0.4) is 0 Å². The van der Waals surface area contributed by atoms with E-state index in [1.54, 1.807) is 0 Å². The van der Waals surface area contributed by atoms with Crippen molar-refractivity contribution >= 4 is 11.4 Å². The topological polar surface area (TPSA) is 26.3 Å². The second kappa shape index (κ2) is 9.75. The monoisotopic (exact) mass is 402 g/mol. The lowest BCUT2D eigenvalue weighted by molar-refractivity contribution is -0.138. The van der Waals surface area contributed by atoms with Gasteiger partial charge in [-0.25, -0.2) is 0 Å². The number of ketones is 1. The van der Waals surface area contributed by atoms with E-state index in [4.69, 9.17) is 4.74 Å². The zero-order valence-corrected chi connectivity index (χ0v) is 18.2. The van der Waals surface area contributed by atoms with Crippen LogP contribution >= 0.6 is 0 Å². The van der Waals surface area contributed by atoms with Gasteiger partial charge < -0.3 is 4.74 Å². The quantitative estimate of drug-likeness (QED) is 0.436. The summed E-state index contributed by atoms with van der Waals surface area (Å²) in [5.74, 6) is 0.877. The molecule has 0 unspecified atom stereocenters. The van der Waals surface area contributed by atoms with Gasteiger partial charge in [0.15, 0.2) is 5.78 Å². The van der Waals surface area contributed by atoms with Crippen molar-refractivity contribution in [3.05, 3.63) is 77.9 Å². The fourth-order valence-electron chi connectivity index (χ4n) is 5.37. The summed E-state index contributed by atoms with van der Waals surface area (Å²) in [6.45, 7) is 3.39. The van der Waals surface area contributed by atoms with Crippen LogP contribution in [-0.2, 0) is 9.53 Å². The second-order valence-electron chi connectivity index (χ2n) is 9.04. The van der Waals surface area contributed by atoms with Crippen LogP contribution in [0.1, 0.15) is 63.0 Å². The molecular weight excluding hydrogens is 368 g/mol. The van der Waals surface area contributed by atoms with E-state index in [0.717, 1.165) is 18.4 Å². The number of ether oxygens (including phenoxy) is 1. The third-order valence-corrected chi connectivity index (χ3v) is 7.01. The Bertz CT molecular complexity index is 813. The summed E-state index contributed by atoms with van der Waals surface area (Å²) >= 11 is 0. The first-order valence-electron chi connectivity index (χ1n) is 11.7. The summed E-state index contributed by atoms with van der Waals surface area (Å²) in [4.78, 5) is 13.5. The van der Waals surface area contributed by atoms with E-state index in [-0.39, 0.29) is 5.92 Å². The molecule has 0 N–H and O–H groups in total. The van der Waals surface area contributed by atoms with Crippen molar-refractivity contribution < 1.29 is 9.53 Å². The molecule has 1 saturated heterocycles. The fraction of sp³-hybridized carbons (Fsp3) is 0.464. The van der Waals surface area contributed by atoms with Gasteiger partial charge in [0, 0.05) is 5.92 Å². The molecular formula is C28H34O2. The lowest BCUT2D eigenvalue weighted by atomic mass is 9.72. The molecule has 4 rings (SSSR count). The smallest absolute Gasteiger partial charge is 0.150 e. The summed E-state index contributed by atoms with van der Waals surface area (Å²) in [5, 5.41) is 0. The van der Waals surface area contributed by atoms with Gasteiger partial charge in [-0.15, -0.1) is 0 Å². The maximum absolute atomic E-state index is 13.5. The van der Waals surface area contributed by atoms with Crippen molar-refractivity contribution in [2.45, 2.75) is 51.9 Å². The number of unbranched alkanes of at least 4 members (excludes halogenated alkanes) is 4. The molecule has 1 aliphatic carbocycles. The van der Waals surface area contributed by atoms with Crippen LogP contribution in [0.4, 0.5) is 0 Å². The van der Waals surface area contributed by atoms with E-state index in [1.807, 2.05) is 12.1 Å². The second-order valence-corrected chi connectivity index (χ2v) is 9.04. The van der Waals surface area contributed by atoms with Crippen LogP contribution in [0.5, 0.6) is 0 Å². The van der Waals surface area contributed by atoms with Crippen molar-refractivity contribution in [3.63, 3.8) is 0 Å². The highest BCUT2D eigenvalue weighted by Gasteiger charge is 2.55. The van der Waals surface area contributed by atoms with E-state index in [2.05, 4.69) is 61.5 Å². The molecule has 0 aromatic heterocycles. The molecule has 1 aliphatic heterocycles. The Morgan fingerprint density at radius 3 is 2.23 bits per heavy atom. The molecule has 1 heterocycles. The van der Waals surface area contributed by atoms with Gasteiger partial charge in [0.05, 0.1) is 18.6 Å². The summed E-state index contributed by atoms with van der Waals surface area (Å²) < 4.78 is 6.01. The maximum atomic E-state index is 13.5. The van der Waals surface area contributed by atoms with Crippen LogP contribution in [0.2, 0.25) is 0 Å². The van der Waals surface area contributed by atoms with Gasteiger partial charge in [-0.1, -0.05) is 106 Å². The molecule has 30 heavy (non-hydrogen) atoms. The predicted molar refractivity (Wildman–Crippen MR) is 123 cm³/mol. The van der Waals surface area contributed by atoms with Gasteiger partial charge in [-0.05, 0) is 35.5 Å². The molecule has 2 aromatic carbocycles. The molecule has 2 fully saturated rings. The number of Topliss-reactive ketones (excluding diaryl/α,β-unsaturated/α-hetero) is 1. The summed E-state index contributed by atoms with van der Waals surface area (Å²) in [7, 11) is 0. The van der Waals surface area contributed by atoms with Gasteiger partial charge in [-0.3, -0.25) is 4.79 Å². The Morgan fingerprint density at radius 1 is 0.967 bits per heavy atom. The molecule has 0 spiro atoms. The van der Waals surface area contributed by atoms with Crippen LogP contribution < -0.4 is 0 Å². The van der Waals surface area contributed by atoms with Gasteiger partial charge >= 0.3 is 0 Å². The summed E-state index contributed by atoms with van der Waals surface area (Å²) in [6, 6.07) is 21.0. The number of carbonyl (C=O) groups is 1. The first kappa shape index (κ1) is 21.1. The molecule has 2 aromatic rings. The summed E-state index contributed by atoms with van der Waals surface area (Å²) in [6.07, 6.45) is 10.8. The number of rotatable bonds is 9. The Hall–Kier alpha value is -2.19. The average Bonchev–Trinajstić information content (AvgIpc) is 2.93. The minimum atomic E-state index is -0.477. The molecule has 2 heteroatoms. The van der Waals surface area contributed by atoms with E-state index in [9.17, 15) is 4.79 Å². The largest absolute Gasteiger partial charge is 0.379 e.